The number of hydrogen-bond donors (Lipinski definition) is 1. The molecule has 10 heteroatoms. The molecule has 6 rings (SSSR count). The molecule has 0 spiro atoms. The third-order valence-corrected chi connectivity index (χ3v) is 7.04. The monoisotopic (exact) mass is 527 g/mol. The maximum Gasteiger partial charge on any atom is 0.249 e. The molecule has 0 bridgehead atoms. The second-order valence-electron chi connectivity index (χ2n) is 9.73. The summed E-state index contributed by atoms with van der Waals surface area (Å²) in [6.45, 7) is 3.03. The van der Waals surface area contributed by atoms with E-state index in [4.69, 9.17) is 14.2 Å². The minimum absolute atomic E-state index is 0.0381. The number of amides is 2. The Balaban J connectivity index is 1.40. The normalized spacial score (nSPS) is 16.8. The summed E-state index contributed by atoms with van der Waals surface area (Å²) in [6.07, 6.45) is 1.82. The second kappa shape index (κ2) is 10.7. The molecule has 1 fully saturated rings. The van der Waals surface area contributed by atoms with Gasteiger partial charge in [-0.25, -0.2) is 4.68 Å². The average Bonchev–Trinajstić information content (AvgIpc) is 3.72. The van der Waals surface area contributed by atoms with E-state index in [1.54, 1.807) is 22.9 Å². The smallest absolute Gasteiger partial charge is 0.249 e. The van der Waals surface area contributed by atoms with Gasteiger partial charge in [0.25, 0.3) is 0 Å². The van der Waals surface area contributed by atoms with Gasteiger partial charge in [-0.2, -0.15) is 0 Å². The number of carbonyl (C=O) groups is 2. The van der Waals surface area contributed by atoms with E-state index in [1.165, 1.54) is 4.90 Å². The van der Waals surface area contributed by atoms with E-state index >= 15 is 0 Å². The molecular weight excluding hydrogens is 498 g/mol. The van der Waals surface area contributed by atoms with Gasteiger partial charge in [0.1, 0.15) is 18.1 Å². The molecule has 0 radical (unpaired) electrons. The first-order chi connectivity index (χ1) is 19.1. The van der Waals surface area contributed by atoms with Gasteiger partial charge < -0.3 is 19.5 Å². The lowest BCUT2D eigenvalue weighted by molar-refractivity contribution is -0.127. The van der Waals surface area contributed by atoms with E-state index in [2.05, 4.69) is 15.6 Å². The molecular formula is C29H29N5O5. The van der Waals surface area contributed by atoms with Gasteiger partial charge in [0.2, 0.25) is 18.6 Å². The number of anilines is 1. The lowest BCUT2D eigenvalue weighted by Crippen LogP contribution is -2.46. The van der Waals surface area contributed by atoms with Crippen LogP contribution in [0.3, 0.4) is 0 Å². The Labute approximate surface area is 225 Å². The van der Waals surface area contributed by atoms with E-state index in [0.29, 0.717) is 41.4 Å². The minimum Gasteiger partial charge on any atom is -0.454 e. The van der Waals surface area contributed by atoms with Gasteiger partial charge in [-0.1, -0.05) is 47.2 Å². The highest BCUT2D eigenvalue weighted by Gasteiger charge is 2.34. The average molecular weight is 528 g/mol. The number of hydrogen-bond acceptors (Lipinski definition) is 7. The standard InChI is InChI=1S/C29H29N5O5/c1-19-8-10-20(11-9-19)28(29(36)30-16-22-5-4-14-37-22)34(21-12-13-25-26(15-21)39-18-38-25)27(35)17-33-24-7-3-2-6-23(24)31-32-33/h2-3,6-13,15,22,28H,4-5,14,16-18H2,1H3,(H,30,36)/t22-,28+/m1/s1. The SMILES string of the molecule is Cc1ccc([C@@H](C(=O)NC[C@H]2CCCO2)N(C(=O)Cn2nnc3ccccc32)c2ccc3c(c2)OCO3)cc1. The number of benzene rings is 3. The van der Waals surface area contributed by atoms with Gasteiger partial charge in [-0.15, -0.1) is 5.10 Å². The van der Waals surface area contributed by atoms with Crippen molar-refractivity contribution in [3.63, 3.8) is 0 Å². The van der Waals surface area contributed by atoms with Crippen LogP contribution in [0.15, 0.2) is 66.7 Å². The third kappa shape index (κ3) is 5.15. The Bertz CT molecular complexity index is 1500. The van der Waals surface area contributed by atoms with Crippen molar-refractivity contribution < 1.29 is 23.8 Å². The number of rotatable bonds is 8. The van der Waals surface area contributed by atoms with E-state index in [0.717, 1.165) is 23.9 Å². The van der Waals surface area contributed by atoms with Crippen LogP contribution in [0.25, 0.3) is 11.0 Å². The largest absolute Gasteiger partial charge is 0.454 e. The van der Waals surface area contributed by atoms with Crippen LogP contribution in [-0.2, 0) is 20.9 Å². The van der Waals surface area contributed by atoms with E-state index in [-0.39, 0.29) is 31.3 Å². The summed E-state index contributed by atoms with van der Waals surface area (Å²) in [4.78, 5) is 29.6. The second-order valence-corrected chi connectivity index (χ2v) is 9.73. The number of nitrogens with one attached hydrogen (secondary N) is 1. The maximum absolute atomic E-state index is 14.2. The molecule has 3 aromatic carbocycles. The van der Waals surface area contributed by atoms with Gasteiger partial charge in [-0.05, 0) is 49.6 Å². The van der Waals surface area contributed by atoms with Gasteiger partial charge in [0.05, 0.1) is 11.6 Å². The summed E-state index contributed by atoms with van der Waals surface area (Å²) in [6, 6.07) is 19.4. The third-order valence-electron chi connectivity index (χ3n) is 7.04. The highest BCUT2D eigenvalue weighted by atomic mass is 16.7. The number of fused-ring (bicyclic) bond motifs is 2. The molecule has 1 N–H and O–H groups in total. The molecule has 200 valence electrons. The molecule has 39 heavy (non-hydrogen) atoms. The zero-order valence-corrected chi connectivity index (χ0v) is 21.6. The fraction of sp³-hybridized carbons (Fsp3) is 0.310. The molecule has 0 aliphatic carbocycles. The number of aromatic nitrogens is 3. The summed E-state index contributed by atoms with van der Waals surface area (Å²) < 4.78 is 18.4. The predicted molar refractivity (Wildman–Crippen MR) is 143 cm³/mol. The summed E-state index contributed by atoms with van der Waals surface area (Å²) in [5.74, 6) is 0.466. The summed E-state index contributed by atoms with van der Waals surface area (Å²) >= 11 is 0. The van der Waals surface area contributed by atoms with Crippen LogP contribution in [0.5, 0.6) is 11.5 Å². The predicted octanol–water partition coefficient (Wildman–Crippen LogP) is 3.54. The maximum atomic E-state index is 14.2. The number of para-hydroxylation sites is 1. The fourth-order valence-corrected chi connectivity index (χ4v) is 4.99. The van der Waals surface area contributed by atoms with Crippen molar-refractivity contribution in [2.45, 2.75) is 38.5 Å². The molecule has 2 aliphatic rings. The summed E-state index contributed by atoms with van der Waals surface area (Å²) in [5, 5.41) is 11.4. The topological polar surface area (TPSA) is 108 Å². The minimum atomic E-state index is -0.949. The first kappa shape index (κ1) is 24.9. The zero-order chi connectivity index (χ0) is 26.8. The van der Waals surface area contributed by atoms with Crippen LogP contribution in [0, 0.1) is 6.92 Å². The van der Waals surface area contributed by atoms with Crippen LogP contribution in [0.4, 0.5) is 5.69 Å². The van der Waals surface area contributed by atoms with E-state index in [9.17, 15) is 9.59 Å². The van der Waals surface area contributed by atoms with Crippen molar-refractivity contribution in [3.05, 3.63) is 77.9 Å². The Morgan fingerprint density at radius 2 is 1.90 bits per heavy atom. The van der Waals surface area contributed by atoms with Crippen molar-refractivity contribution in [3.8, 4) is 11.5 Å². The molecule has 10 nitrogen and oxygen atoms in total. The fourth-order valence-electron chi connectivity index (χ4n) is 4.99. The van der Waals surface area contributed by atoms with Crippen molar-refractivity contribution >= 4 is 28.5 Å². The Morgan fingerprint density at radius 3 is 2.72 bits per heavy atom. The van der Waals surface area contributed by atoms with Crippen LogP contribution >= 0.6 is 0 Å². The molecule has 2 amide bonds. The Kier molecular flexibility index (Phi) is 6.85. The highest BCUT2D eigenvalue weighted by molar-refractivity contribution is 6.01. The van der Waals surface area contributed by atoms with Crippen LogP contribution in [0.2, 0.25) is 0 Å². The van der Waals surface area contributed by atoms with Gasteiger partial charge in [0.15, 0.2) is 11.5 Å². The van der Waals surface area contributed by atoms with Crippen LogP contribution in [-0.4, -0.2) is 52.9 Å². The Hall–Kier alpha value is -4.44. The van der Waals surface area contributed by atoms with Crippen molar-refractivity contribution in [2.24, 2.45) is 0 Å². The number of aryl methyl sites for hydroxylation is 1. The molecule has 0 unspecified atom stereocenters. The Morgan fingerprint density at radius 1 is 1.08 bits per heavy atom. The van der Waals surface area contributed by atoms with E-state index < -0.39 is 6.04 Å². The quantitative estimate of drug-likeness (QED) is 0.373. The lowest BCUT2D eigenvalue weighted by atomic mass is 10.0. The first-order valence-electron chi connectivity index (χ1n) is 13.0. The zero-order valence-electron chi connectivity index (χ0n) is 21.6. The number of nitrogens with zero attached hydrogens (tertiary/aromatic N) is 4. The van der Waals surface area contributed by atoms with Crippen LogP contribution < -0.4 is 19.7 Å². The van der Waals surface area contributed by atoms with Gasteiger partial charge in [-0.3, -0.25) is 14.5 Å². The number of ether oxygens (including phenoxy) is 3. The molecule has 1 aromatic heterocycles. The molecule has 2 atom stereocenters. The lowest BCUT2D eigenvalue weighted by Gasteiger charge is -2.32. The number of carbonyl (C=O) groups excluding carboxylic acids is 2. The van der Waals surface area contributed by atoms with Crippen molar-refractivity contribution in [1.29, 1.82) is 0 Å². The van der Waals surface area contributed by atoms with Gasteiger partial charge in [0, 0.05) is 24.9 Å². The highest BCUT2D eigenvalue weighted by Crippen LogP contribution is 2.38. The summed E-state index contributed by atoms with van der Waals surface area (Å²) in [5.41, 5.74) is 3.65. The molecule has 3 heterocycles. The van der Waals surface area contributed by atoms with Gasteiger partial charge >= 0.3 is 0 Å². The van der Waals surface area contributed by atoms with Crippen molar-refractivity contribution in [1.82, 2.24) is 20.3 Å². The molecule has 0 saturated carbocycles. The molecule has 4 aromatic rings. The molecule has 2 aliphatic heterocycles. The first-order valence-corrected chi connectivity index (χ1v) is 13.0. The van der Waals surface area contributed by atoms with Crippen LogP contribution in [0.1, 0.15) is 30.0 Å². The summed E-state index contributed by atoms with van der Waals surface area (Å²) in [7, 11) is 0. The molecule has 1 saturated heterocycles. The van der Waals surface area contributed by atoms with Crippen molar-refractivity contribution in [2.75, 3.05) is 24.8 Å². The van der Waals surface area contributed by atoms with E-state index in [1.807, 2.05) is 55.5 Å².